The molecule has 11 heavy (non-hydrogen) atoms. The van der Waals surface area contributed by atoms with E-state index in [2.05, 4.69) is 4.74 Å². The monoisotopic (exact) mass is 171 g/mol. The average Bonchev–Trinajstić information content (AvgIpc) is 1.80. The molecule has 0 heterocycles. The van der Waals surface area contributed by atoms with Crippen LogP contribution in [0.15, 0.2) is 0 Å². The molecule has 0 aliphatic rings. The Morgan fingerprint density at radius 1 is 1.36 bits per heavy atom. The number of nitrogens with two attached hydrogens (primary N) is 1. The lowest BCUT2D eigenvalue weighted by atomic mass is 10.3. The van der Waals surface area contributed by atoms with Gasteiger partial charge in [0.15, 0.2) is 6.10 Å². The van der Waals surface area contributed by atoms with Gasteiger partial charge >= 0.3 is 6.18 Å². The fourth-order valence-electron chi connectivity index (χ4n) is 0.391. The summed E-state index contributed by atoms with van der Waals surface area (Å²) in [5.41, 5.74) is 5.19. The molecule has 0 bridgehead atoms. The second kappa shape index (κ2) is 3.92. The highest BCUT2D eigenvalue weighted by molar-refractivity contribution is 4.62. The standard InChI is InChI=1S/C6H12F3NO/c1-4(10)3-11-5(2)6(7,8)9/h4-5H,3,10H2,1-2H3. The van der Waals surface area contributed by atoms with Crippen LogP contribution < -0.4 is 5.73 Å². The van der Waals surface area contributed by atoms with Crippen molar-refractivity contribution >= 4 is 0 Å². The van der Waals surface area contributed by atoms with Crippen LogP contribution in [0.25, 0.3) is 0 Å². The molecule has 2 unspecified atom stereocenters. The fraction of sp³-hybridized carbons (Fsp3) is 1.00. The van der Waals surface area contributed by atoms with E-state index in [9.17, 15) is 13.2 Å². The zero-order chi connectivity index (χ0) is 9.07. The summed E-state index contributed by atoms with van der Waals surface area (Å²) in [7, 11) is 0. The van der Waals surface area contributed by atoms with E-state index < -0.39 is 12.3 Å². The Bertz CT molecular complexity index is 113. The molecule has 0 aromatic carbocycles. The first-order valence-corrected chi connectivity index (χ1v) is 3.28. The molecule has 2 nitrogen and oxygen atoms in total. The van der Waals surface area contributed by atoms with E-state index in [1.54, 1.807) is 6.92 Å². The lowest BCUT2D eigenvalue weighted by molar-refractivity contribution is -0.214. The van der Waals surface area contributed by atoms with E-state index in [4.69, 9.17) is 5.73 Å². The molecular weight excluding hydrogens is 159 g/mol. The number of rotatable bonds is 3. The van der Waals surface area contributed by atoms with E-state index in [-0.39, 0.29) is 12.6 Å². The maximum absolute atomic E-state index is 11.7. The van der Waals surface area contributed by atoms with Gasteiger partial charge in [0.05, 0.1) is 6.61 Å². The van der Waals surface area contributed by atoms with E-state index in [0.29, 0.717) is 0 Å². The van der Waals surface area contributed by atoms with Crippen molar-refractivity contribution in [1.29, 1.82) is 0 Å². The molecule has 0 aromatic heterocycles. The third-order valence-corrected chi connectivity index (χ3v) is 1.07. The summed E-state index contributed by atoms with van der Waals surface area (Å²) in [5, 5.41) is 0. The number of halogens is 3. The third kappa shape index (κ3) is 5.03. The summed E-state index contributed by atoms with van der Waals surface area (Å²) in [6.07, 6.45) is -6.01. The second-order valence-electron chi connectivity index (χ2n) is 2.49. The first-order chi connectivity index (χ1) is 4.84. The summed E-state index contributed by atoms with van der Waals surface area (Å²) < 4.78 is 39.6. The number of hydrogen-bond acceptors (Lipinski definition) is 2. The molecule has 0 spiro atoms. The fourth-order valence-corrected chi connectivity index (χ4v) is 0.391. The summed E-state index contributed by atoms with van der Waals surface area (Å²) >= 11 is 0. The largest absolute Gasteiger partial charge is 0.414 e. The van der Waals surface area contributed by atoms with E-state index >= 15 is 0 Å². The smallest absolute Gasteiger partial charge is 0.367 e. The van der Waals surface area contributed by atoms with Gasteiger partial charge in [-0.05, 0) is 13.8 Å². The molecule has 0 saturated carbocycles. The Labute approximate surface area is 63.5 Å². The van der Waals surface area contributed by atoms with Gasteiger partial charge in [-0.25, -0.2) is 0 Å². The van der Waals surface area contributed by atoms with Crippen LogP contribution in [-0.2, 0) is 4.74 Å². The summed E-state index contributed by atoms with van der Waals surface area (Å²) in [6.45, 7) is 2.48. The minimum Gasteiger partial charge on any atom is -0.367 e. The lowest BCUT2D eigenvalue weighted by Crippen LogP contribution is -2.33. The van der Waals surface area contributed by atoms with Gasteiger partial charge in [-0.2, -0.15) is 13.2 Å². The van der Waals surface area contributed by atoms with Gasteiger partial charge in [-0.15, -0.1) is 0 Å². The Morgan fingerprint density at radius 3 is 2.09 bits per heavy atom. The minimum absolute atomic E-state index is 0.0688. The van der Waals surface area contributed by atoms with Gasteiger partial charge in [0.2, 0.25) is 0 Å². The Kier molecular flexibility index (Phi) is 3.82. The van der Waals surface area contributed by atoms with Gasteiger partial charge in [0.25, 0.3) is 0 Å². The average molecular weight is 171 g/mol. The molecule has 0 fully saturated rings. The number of ether oxygens (including phenoxy) is 1. The van der Waals surface area contributed by atoms with Crippen LogP contribution in [0.1, 0.15) is 13.8 Å². The Balaban J connectivity index is 3.61. The molecule has 0 amide bonds. The van der Waals surface area contributed by atoms with Crippen molar-refractivity contribution in [3.63, 3.8) is 0 Å². The quantitative estimate of drug-likeness (QED) is 0.694. The SMILES string of the molecule is CC(N)COC(C)C(F)(F)F. The lowest BCUT2D eigenvalue weighted by Gasteiger charge is -2.17. The van der Waals surface area contributed by atoms with E-state index in [1.807, 2.05) is 0 Å². The molecule has 0 aliphatic carbocycles. The van der Waals surface area contributed by atoms with Crippen LogP contribution in [0.4, 0.5) is 13.2 Å². The number of hydrogen-bond donors (Lipinski definition) is 1. The molecule has 2 N–H and O–H groups in total. The summed E-state index contributed by atoms with van der Waals surface area (Å²) in [4.78, 5) is 0. The van der Waals surface area contributed by atoms with Crippen molar-refractivity contribution in [3.05, 3.63) is 0 Å². The highest BCUT2D eigenvalue weighted by atomic mass is 19.4. The molecule has 5 heteroatoms. The predicted molar refractivity (Wildman–Crippen MR) is 35.1 cm³/mol. The van der Waals surface area contributed by atoms with Crippen LogP contribution in [0, 0.1) is 0 Å². The van der Waals surface area contributed by atoms with Crippen molar-refractivity contribution in [2.75, 3.05) is 6.61 Å². The molecule has 0 radical (unpaired) electrons. The van der Waals surface area contributed by atoms with Crippen molar-refractivity contribution < 1.29 is 17.9 Å². The minimum atomic E-state index is -4.28. The van der Waals surface area contributed by atoms with Crippen LogP contribution in [-0.4, -0.2) is 24.9 Å². The molecular formula is C6H12F3NO. The zero-order valence-electron chi connectivity index (χ0n) is 6.48. The van der Waals surface area contributed by atoms with Gasteiger partial charge in [0, 0.05) is 6.04 Å². The maximum Gasteiger partial charge on any atom is 0.414 e. The zero-order valence-corrected chi connectivity index (χ0v) is 6.48. The van der Waals surface area contributed by atoms with Crippen LogP contribution >= 0.6 is 0 Å². The highest BCUT2D eigenvalue weighted by Gasteiger charge is 2.36. The summed E-state index contributed by atoms with van der Waals surface area (Å²) in [5.74, 6) is 0. The molecule has 68 valence electrons. The van der Waals surface area contributed by atoms with Crippen molar-refractivity contribution in [2.45, 2.75) is 32.2 Å². The van der Waals surface area contributed by atoms with Crippen LogP contribution in [0.2, 0.25) is 0 Å². The van der Waals surface area contributed by atoms with Crippen LogP contribution in [0.3, 0.4) is 0 Å². The highest BCUT2D eigenvalue weighted by Crippen LogP contribution is 2.22. The van der Waals surface area contributed by atoms with E-state index in [1.165, 1.54) is 0 Å². The summed E-state index contributed by atoms with van der Waals surface area (Å²) in [6, 6.07) is -0.361. The van der Waals surface area contributed by atoms with Gasteiger partial charge in [0.1, 0.15) is 0 Å². The van der Waals surface area contributed by atoms with Crippen molar-refractivity contribution in [2.24, 2.45) is 5.73 Å². The second-order valence-corrected chi connectivity index (χ2v) is 2.49. The topological polar surface area (TPSA) is 35.2 Å². The third-order valence-electron chi connectivity index (χ3n) is 1.07. The van der Waals surface area contributed by atoms with E-state index in [0.717, 1.165) is 6.92 Å². The predicted octanol–water partition coefficient (Wildman–Crippen LogP) is 1.30. The first kappa shape index (κ1) is 10.7. The van der Waals surface area contributed by atoms with Gasteiger partial charge in [-0.3, -0.25) is 0 Å². The molecule has 0 rings (SSSR count). The molecule has 2 atom stereocenters. The maximum atomic E-state index is 11.7. The van der Waals surface area contributed by atoms with Gasteiger partial charge < -0.3 is 10.5 Å². The van der Waals surface area contributed by atoms with Gasteiger partial charge in [-0.1, -0.05) is 0 Å². The molecule has 0 aromatic rings. The molecule has 0 aliphatic heterocycles. The van der Waals surface area contributed by atoms with Crippen molar-refractivity contribution in [1.82, 2.24) is 0 Å². The Morgan fingerprint density at radius 2 is 1.82 bits per heavy atom. The number of alkyl halides is 3. The van der Waals surface area contributed by atoms with Crippen molar-refractivity contribution in [3.8, 4) is 0 Å². The molecule has 0 saturated heterocycles. The van der Waals surface area contributed by atoms with Crippen LogP contribution in [0.5, 0.6) is 0 Å². The first-order valence-electron chi connectivity index (χ1n) is 3.28. The Hall–Kier alpha value is -0.290. The normalized spacial score (nSPS) is 18.0.